The average molecular weight is 333 g/mol. The molecule has 1 heterocycles. The van der Waals surface area contributed by atoms with Crippen LogP contribution in [0.5, 0.6) is 0 Å². The first kappa shape index (κ1) is 20.3. The third-order valence-corrected chi connectivity index (χ3v) is 3.18. The fraction of sp³-hybridized carbons (Fsp3) is 0.938. The highest BCUT2D eigenvalue weighted by molar-refractivity contribution is 5.73. The zero-order valence-corrected chi connectivity index (χ0v) is 15.1. The highest BCUT2D eigenvalue weighted by atomic mass is 16.7. The lowest BCUT2D eigenvalue weighted by Crippen LogP contribution is -2.66. The van der Waals surface area contributed by atoms with Crippen molar-refractivity contribution in [1.29, 1.82) is 0 Å². The SMILES string of the molecule is CC(=O)N[C@@H]1C(OC(C)(C)C)OC(CO)[C@@H](OC(C)(C)C)C1O. The van der Waals surface area contributed by atoms with Crippen LogP contribution in [0.25, 0.3) is 0 Å². The quantitative estimate of drug-likeness (QED) is 0.696. The Labute approximate surface area is 138 Å². The van der Waals surface area contributed by atoms with Crippen molar-refractivity contribution in [2.45, 2.75) is 90.3 Å². The number of carbonyl (C=O) groups excluding carboxylic acids is 1. The molecule has 7 heteroatoms. The van der Waals surface area contributed by atoms with Crippen LogP contribution in [0.3, 0.4) is 0 Å². The molecule has 1 amide bonds. The number of aliphatic hydroxyl groups excluding tert-OH is 2. The van der Waals surface area contributed by atoms with E-state index < -0.39 is 41.8 Å². The summed E-state index contributed by atoms with van der Waals surface area (Å²) >= 11 is 0. The molecule has 0 aromatic rings. The largest absolute Gasteiger partial charge is 0.394 e. The van der Waals surface area contributed by atoms with Gasteiger partial charge >= 0.3 is 0 Å². The molecule has 1 aliphatic rings. The first-order valence-electron chi connectivity index (χ1n) is 7.91. The average Bonchev–Trinajstić information content (AvgIpc) is 2.33. The lowest BCUT2D eigenvalue weighted by Gasteiger charge is -2.47. The smallest absolute Gasteiger partial charge is 0.217 e. The minimum atomic E-state index is -1.07. The van der Waals surface area contributed by atoms with Crippen molar-refractivity contribution in [1.82, 2.24) is 5.32 Å². The standard InChI is InChI=1S/C16H31NO6/c1-9(19)17-11-12(20)13(22-15(2,3)4)10(8-18)21-14(11)23-16(5,6)7/h10-14,18,20H,8H2,1-7H3,(H,17,19)/t10?,11-,12?,13+,14?/m0/s1. The number of aliphatic hydroxyl groups is 2. The molecule has 3 N–H and O–H groups in total. The van der Waals surface area contributed by atoms with E-state index in [0.717, 1.165) is 0 Å². The summed E-state index contributed by atoms with van der Waals surface area (Å²) in [6.07, 6.45) is -3.49. The first-order chi connectivity index (χ1) is 10.3. The second-order valence-electron chi connectivity index (χ2n) is 7.87. The molecule has 1 saturated heterocycles. The Hall–Kier alpha value is -0.730. The molecule has 3 unspecified atom stereocenters. The summed E-state index contributed by atoms with van der Waals surface area (Å²) in [4.78, 5) is 11.5. The molecule has 0 saturated carbocycles. The molecule has 1 rings (SSSR count). The molecule has 0 radical (unpaired) electrons. The maximum Gasteiger partial charge on any atom is 0.217 e. The Kier molecular flexibility index (Phi) is 6.57. The van der Waals surface area contributed by atoms with Gasteiger partial charge in [-0.15, -0.1) is 0 Å². The maximum atomic E-state index is 11.5. The van der Waals surface area contributed by atoms with E-state index in [1.165, 1.54) is 6.92 Å². The van der Waals surface area contributed by atoms with Gasteiger partial charge in [0.05, 0.1) is 17.8 Å². The zero-order chi connectivity index (χ0) is 18.0. The van der Waals surface area contributed by atoms with Gasteiger partial charge in [-0.3, -0.25) is 4.79 Å². The fourth-order valence-electron chi connectivity index (χ4n) is 2.46. The molecular formula is C16H31NO6. The van der Waals surface area contributed by atoms with Crippen LogP contribution >= 0.6 is 0 Å². The summed E-state index contributed by atoms with van der Waals surface area (Å²) in [5.74, 6) is -0.308. The van der Waals surface area contributed by atoms with Gasteiger partial charge in [-0.1, -0.05) is 0 Å². The van der Waals surface area contributed by atoms with E-state index in [2.05, 4.69) is 5.32 Å². The van der Waals surface area contributed by atoms with Crippen molar-refractivity contribution in [3.63, 3.8) is 0 Å². The normalized spacial score (nSPS) is 32.7. The van der Waals surface area contributed by atoms with E-state index in [1.807, 2.05) is 41.5 Å². The molecule has 136 valence electrons. The molecule has 0 aromatic carbocycles. The molecular weight excluding hydrogens is 302 g/mol. The van der Waals surface area contributed by atoms with E-state index in [1.54, 1.807) is 0 Å². The van der Waals surface area contributed by atoms with E-state index in [4.69, 9.17) is 14.2 Å². The minimum absolute atomic E-state index is 0.308. The van der Waals surface area contributed by atoms with Crippen LogP contribution in [0.4, 0.5) is 0 Å². The summed E-state index contributed by atoms with van der Waals surface area (Å²) < 4.78 is 17.4. The van der Waals surface area contributed by atoms with E-state index in [0.29, 0.717) is 0 Å². The summed E-state index contributed by atoms with van der Waals surface area (Å²) in [6.45, 7) is 12.1. The van der Waals surface area contributed by atoms with Gasteiger partial charge in [0.15, 0.2) is 6.29 Å². The van der Waals surface area contributed by atoms with Crippen LogP contribution in [0.2, 0.25) is 0 Å². The van der Waals surface area contributed by atoms with Crippen LogP contribution in [0, 0.1) is 0 Å². The lowest BCUT2D eigenvalue weighted by molar-refractivity contribution is -0.308. The molecule has 0 bridgehead atoms. The number of ether oxygens (including phenoxy) is 3. The molecule has 1 aliphatic heterocycles. The predicted octanol–water partition coefficient (Wildman–Crippen LogP) is 0.568. The second-order valence-corrected chi connectivity index (χ2v) is 7.87. The molecule has 0 aromatic heterocycles. The Morgan fingerprint density at radius 3 is 2.04 bits per heavy atom. The van der Waals surface area contributed by atoms with Crippen LogP contribution in [-0.2, 0) is 19.0 Å². The number of nitrogens with one attached hydrogen (secondary N) is 1. The number of hydrogen-bond donors (Lipinski definition) is 3. The van der Waals surface area contributed by atoms with Gasteiger partial charge in [-0.2, -0.15) is 0 Å². The van der Waals surface area contributed by atoms with Crippen molar-refractivity contribution in [2.75, 3.05) is 6.61 Å². The fourth-order valence-corrected chi connectivity index (χ4v) is 2.46. The monoisotopic (exact) mass is 333 g/mol. The summed E-state index contributed by atoms with van der Waals surface area (Å²) in [6, 6.07) is -0.790. The highest BCUT2D eigenvalue weighted by Gasteiger charge is 2.48. The van der Waals surface area contributed by atoms with Gasteiger partial charge in [0, 0.05) is 6.92 Å². The molecule has 1 fully saturated rings. The molecule has 0 aliphatic carbocycles. The van der Waals surface area contributed by atoms with Crippen molar-refractivity contribution in [3.05, 3.63) is 0 Å². The lowest BCUT2D eigenvalue weighted by atomic mass is 9.95. The van der Waals surface area contributed by atoms with Crippen molar-refractivity contribution in [3.8, 4) is 0 Å². The van der Waals surface area contributed by atoms with Crippen LogP contribution in [-0.4, -0.2) is 64.6 Å². The van der Waals surface area contributed by atoms with Crippen LogP contribution in [0.15, 0.2) is 0 Å². The van der Waals surface area contributed by atoms with Crippen molar-refractivity contribution in [2.24, 2.45) is 0 Å². The molecule has 0 spiro atoms. The van der Waals surface area contributed by atoms with Gasteiger partial charge in [0.1, 0.15) is 24.4 Å². The van der Waals surface area contributed by atoms with E-state index >= 15 is 0 Å². The minimum Gasteiger partial charge on any atom is -0.394 e. The topological polar surface area (TPSA) is 97.3 Å². The molecule has 7 nitrogen and oxygen atoms in total. The van der Waals surface area contributed by atoms with Gasteiger partial charge in [-0.25, -0.2) is 0 Å². The Morgan fingerprint density at radius 2 is 1.65 bits per heavy atom. The number of carbonyl (C=O) groups is 1. The predicted molar refractivity (Wildman–Crippen MR) is 84.8 cm³/mol. The van der Waals surface area contributed by atoms with Crippen LogP contribution in [0.1, 0.15) is 48.5 Å². The first-order valence-corrected chi connectivity index (χ1v) is 7.91. The second kappa shape index (κ2) is 7.44. The van der Waals surface area contributed by atoms with Gasteiger partial charge in [0.2, 0.25) is 5.91 Å². The molecule has 5 atom stereocenters. The third-order valence-electron chi connectivity index (χ3n) is 3.18. The number of hydrogen-bond acceptors (Lipinski definition) is 6. The zero-order valence-electron chi connectivity index (χ0n) is 15.1. The van der Waals surface area contributed by atoms with E-state index in [9.17, 15) is 15.0 Å². The number of amides is 1. The van der Waals surface area contributed by atoms with Crippen molar-refractivity contribution >= 4 is 5.91 Å². The summed E-state index contributed by atoms with van der Waals surface area (Å²) in [5.41, 5.74) is -1.08. The third kappa shape index (κ3) is 6.35. The van der Waals surface area contributed by atoms with Gasteiger partial charge < -0.3 is 29.7 Å². The Bertz CT molecular complexity index is 400. The Balaban J connectivity index is 3.05. The maximum absolute atomic E-state index is 11.5. The van der Waals surface area contributed by atoms with Crippen molar-refractivity contribution < 1.29 is 29.2 Å². The molecule has 23 heavy (non-hydrogen) atoms. The summed E-state index contributed by atoms with van der Waals surface area (Å²) in [5, 5.41) is 23.0. The van der Waals surface area contributed by atoms with E-state index in [-0.39, 0.29) is 12.5 Å². The van der Waals surface area contributed by atoms with Crippen LogP contribution < -0.4 is 5.32 Å². The van der Waals surface area contributed by atoms with Gasteiger partial charge in [-0.05, 0) is 41.5 Å². The number of rotatable bonds is 4. The highest BCUT2D eigenvalue weighted by Crippen LogP contribution is 2.29. The van der Waals surface area contributed by atoms with Gasteiger partial charge in [0.25, 0.3) is 0 Å². The Morgan fingerprint density at radius 1 is 1.13 bits per heavy atom. The summed E-state index contributed by atoms with van der Waals surface area (Å²) in [7, 11) is 0.